The molecule has 0 saturated carbocycles. The number of amides is 1. The first-order valence-corrected chi connectivity index (χ1v) is 9.21. The molecule has 8 heteroatoms. The highest BCUT2D eigenvalue weighted by molar-refractivity contribution is 7.92. The first kappa shape index (κ1) is 19.2. The zero-order valence-corrected chi connectivity index (χ0v) is 14.9. The number of anilines is 1. The number of hydrogen-bond acceptors (Lipinski definition) is 5. The fourth-order valence-corrected chi connectivity index (χ4v) is 2.74. The second-order valence-corrected chi connectivity index (χ2v) is 7.26. The molecule has 1 N–H and O–H groups in total. The summed E-state index contributed by atoms with van der Waals surface area (Å²) in [6.45, 7) is 3.30. The van der Waals surface area contributed by atoms with Crippen LogP contribution in [0.15, 0.2) is 24.3 Å². The molecule has 0 saturated heterocycles. The topological polar surface area (TPSA) is 79.0 Å². The van der Waals surface area contributed by atoms with Gasteiger partial charge in [-0.1, -0.05) is 0 Å². The van der Waals surface area contributed by atoms with Crippen LogP contribution in [0.5, 0.6) is 5.75 Å². The van der Waals surface area contributed by atoms with Gasteiger partial charge < -0.3 is 15.0 Å². The number of nitrogens with zero attached hydrogens (tertiary/aromatic N) is 2. The molecule has 0 aliphatic carbocycles. The van der Waals surface area contributed by atoms with E-state index < -0.39 is 10.0 Å². The number of carbonyl (C=O) groups is 1. The van der Waals surface area contributed by atoms with E-state index in [1.54, 1.807) is 24.3 Å². The lowest BCUT2D eigenvalue weighted by molar-refractivity contribution is -0.119. The van der Waals surface area contributed by atoms with Crippen molar-refractivity contribution in [3.63, 3.8) is 0 Å². The van der Waals surface area contributed by atoms with Crippen LogP contribution < -0.4 is 14.4 Å². The molecule has 0 aromatic heterocycles. The lowest BCUT2D eigenvalue weighted by Gasteiger charge is -2.22. The molecule has 0 aliphatic rings. The highest BCUT2D eigenvalue weighted by Crippen LogP contribution is 2.21. The van der Waals surface area contributed by atoms with E-state index in [-0.39, 0.29) is 12.5 Å². The summed E-state index contributed by atoms with van der Waals surface area (Å²) in [4.78, 5) is 13.9. The molecular weight excluding hydrogens is 318 g/mol. The van der Waals surface area contributed by atoms with Crippen LogP contribution in [0.1, 0.15) is 6.92 Å². The SMILES string of the molecule is CCOc1ccc(N(CC(=O)NCCN(C)C)S(C)(=O)=O)cc1. The van der Waals surface area contributed by atoms with Gasteiger partial charge in [0.1, 0.15) is 12.3 Å². The average molecular weight is 343 g/mol. The molecular formula is C15H25N3O4S. The molecule has 0 bridgehead atoms. The quantitative estimate of drug-likeness (QED) is 0.707. The third-order valence-electron chi connectivity index (χ3n) is 3.00. The van der Waals surface area contributed by atoms with E-state index in [1.807, 2.05) is 25.9 Å². The molecule has 0 heterocycles. The summed E-state index contributed by atoms with van der Waals surface area (Å²) in [7, 11) is 0.237. The first-order valence-electron chi connectivity index (χ1n) is 7.36. The minimum absolute atomic E-state index is 0.250. The van der Waals surface area contributed by atoms with Crippen LogP contribution in [0.3, 0.4) is 0 Å². The van der Waals surface area contributed by atoms with Crippen LogP contribution in [0, 0.1) is 0 Å². The van der Waals surface area contributed by atoms with Crippen LogP contribution >= 0.6 is 0 Å². The van der Waals surface area contributed by atoms with E-state index in [0.717, 1.165) is 10.6 Å². The minimum Gasteiger partial charge on any atom is -0.494 e. The van der Waals surface area contributed by atoms with E-state index in [2.05, 4.69) is 5.32 Å². The molecule has 23 heavy (non-hydrogen) atoms. The predicted molar refractivity (Wildman–Crippen MR) is 91.4 cm³/mol. The number of benzene rings is 1. The molecule has 0 spiro atoms. The van der Waals surface area contributed by atoms with Gasteiger partial charge in [-0.25, -0.2) is 8.42 Å². The number of nitrogens with one attached hydrogen (secondary N) is 1. The summed E-state index contributed by atoms with van der Waals surface area (Å²) in [6, 6.07) is 6.61. The van der Waals surface area contributed by atoms with Crippen molar-refractivity contribution < 1.29 is 17.9 Å². The number of hydrogen-bond donors (Lipinski definition) is 1. The van der Waals surface area contributed by atoms with E-state index in [9.17, 15) is 13.2 Å². The molecule has 0 aliphatic heterocycles. The van der Waals surface area contributed by atoms with Crippen molar-refractivity contribution in [2.45, 2.75) is 6.92 Å². The standard InChI is InChI=1S/C15H25N3O4S/c1-5-22-14-8-6-13(7-9-14)18(23(4,20)21)12-15(19)16-10-11-17(2)3/h6-9H,5,10-12H2,1-4H3,(H,16,19). The summed E-state index contributed by atoms with van der Waals surface area (Å²) in [5, 5.41) is 2.71. The van der Waals surface area contributed by atoms with Crippen molar-refractivity contribution in [2.24, 2.45) is 0 Å². The Bertz CT molecular complexity index is 600. The van der Waals surface area contributed by atoms with Gasteiger partial charge in [0.05, 0.1) is 18.6 Å². The molecule has 7 nitrogen and oxygen atoms in total. The molecule has 0 radical (unpaired) electrons. The van der Waals surface area contributed by atoms with Gasteiger partial charge in [-0.15, -0.1) is 0 Å². The Kier molecular flexibility index (Phi) is 7.31. The summed E-state index contributed by atoms with van der Waals surface area (Å²) < 4.78 is 30.3. The molecule has 1 amide bonds. The number of rotatable bonds is 9. The lowest BCUT2D eigenvalue weighted by Crippen LogP contribution is -2.42. The van der Waals surface area contributed by atoms with Gasteiger partial charge in [-0.3, -0.25) is 9.10 Å². The second kappa shape index (κ2) is 8.73. The van der Waals surface area contributed by atoms with Gasteiger partial charge in [-0.2, -0.15) is 0 Å². The largest absolute Gasteiger partial charge is 0.494 e. The van der Waals surface area contributed by atoms with Crippen molar-refractivity contribution in [1.82, 2.24) is 10.2 Å². The summed E-state index contributed by atoms with van der Waals surface area (Å²) >= 11 is 0. The predicted octanol–water partition coefficient (Wildman–Crippen LogP) is 0.529. The number of carbonyl (C=O) groups excluding carboxylic acids is 1. The maximum Gasteiger partial charge on any atom is 0.240 e. The number of ether oxygens (including phenoxy) is 1. The summed E-state index contributed by atoms with van der Waals surface area (Å²) in [5.74, 6) is 0.311. The van der Waals surface area contributed by atoms with Gasteiger partial charge in [-0.05, 0) is 45.3 Å². The van der Waals surface area contributed by atoms with Crippen LogP contribution in [0.2, 0.25) is 0 Å². The van der Waals surface area contributed by atoms with Crippen molar-refractivity contribution in [3.8, 4) is 5.75 Å². The van der Waals surface area contributed by atoms with Gasteiger partial charge in [0, 0.05) is 13.1 Å². The highest BCUT2D eigenvalue weighted by Gasteiger charge is 2.20. The van der Waals surface area contributed by atoms with Gasteiger partial charge >= 0.3 is 0 Å². The van der Waals surface area contributed by atoms with Crippen molar-refractivity contribution in [3.05, 3.63) is 24.3 Å². The van der Waals surface area contributed by atoms with Crippen LogP contribution in [0.4, 0.5) is 5.69 Å². The van der Waals surface area contributed by atoms with Crippen molar-refractivity contribution in [2.75, 3.05) is 50.9 Å². The minimum atomic E-state index is -3.56. The second-order valence-electron chi connectivity index (χ2n) is 5.35. The van der Waals surface area contributed by atoms with Crippen LogP contribution in [-0.2, 0) is 14.8 Å². The van der Waals surface area contributed by atoms with Crippen LogP contribution in [-0.4, -0.2) is 65.8 Å². The van der Waals surface area contributed by atoms with Gasteiger partial charge in [0.15, 0.2) is 0 Å². The van der Waals surface area contributed by atoms with Crippen LogP contribution in [0.25, 0.3) is 0 Å². The number of likely N-dealkylation sites (N-methyl/N-ethyl adjacent to an activating group) is 1. The third-order valence-corrected chi connectivity index (χ3v) is 4.15. The first-order chi connectivity index (χ1) is 10.7. The molecule has 0 unspecified atom stereocenters. The highest BCUT2D eigenvalue weighted by atomic mass is 32.2. The van der Waals surface area contributed by atoms with Gasteiger partial charge in [0.25, 0.3) is 0 Å². The Morgan fingerprint density at radius 1 is 1.22 bits per heavy atom. The van der Waals surface area contributed by atoms with E-state index in [4.69, 9.17) is 4.74 Å². The third kappa shape index (κ3) is 6.87. The molecule has 0 atom stereocenters. The molecule has 0 fully saturated rings. The Morgan fingerprint density at radius 3 is 2.30 bits per heavy atom. The zero-order valence-electron chi connectivity index (χ0n) is 14.1. The fourth-order valence-electron chi connectivity index (χ4n) is 1.88. The van der Waals surface area contributed by atoms with E-state index >= 15 is 0 Å². The Balaban J connectivity index is 2.79. The van der Waals surface area contributed by atoms with E-state index in [1.165, 1.54) is 0 Å². The fraction of sp³-hybridized carbons (Fsp3) is 0.533. The maximum absolute atomic E-state index is 12.0. The Labute approximate surface area is 138 Å². The lowest BCUT2D eigenvalue weighted by atomic mass is 10.3. The Hall–Kier alpha value is -1.80. The van der Waals surface area contributed by atoms with Gasteiger partial charge in [0.2, 0.25) is 15.9 Å². The number of sulfonamides is 1. The monoisotopic (exact) mass is 343 g/mol. The average Bonchev–Trinajstić information content (AvgIpc) is 2.44. The normalized spacial score (nSPS) is 11.3. The molecule has 1 aromatic rings. The summed E-state index contributed by atoms with van der Waals surface area (Å²) in [6.07, 6.45) is 1.08. The molecule has 130 valence electrons. The molecule has 1 aromatic carbocycles. The van der Waals surface area contributed by atoms with E-state index in [0.29, 0.717) is 31.1 Å². The molecule has 1 rings (SSSR count). The zero-order chi connectivity index (χ0) is 17.5. The maximum atomic E-state index is 12.0. The summed E-state index contributed by atoms with van der Waals surface area (Å²) in [5.41, 5.74) is 0.429. The smallest absolute Gasteiger partial charge is 0.240 e. The van der Waals surface area contributed by atoms with Crippen molar-refractivity contribution >= 4 is 21.6 Å². The van der Waals surface area contributed by atoms with Crippen molar-refractivity contribution in [1.29, 1.82) is 0 Å². The Morgan fingerprint density at radius 2 is 1.83 bits per heavy atom.